The number of carbonyl (C=O) groups excluding carboxylic acids is 1. The number of nitrogens with one attached hydrogen (secondary N) is 2. The monoisotopic (exact) mass is 340 g/mol. The second-order valence-electron chi connectivity index (χ2n) is 7.61. The standard InChI is InChI=1S/C20H28N4O/c1-15-11-16(2)24(23-15)13-17-7-6-8-18(12-17)22-19(25)21-14-20(3)9-4-5-10-20/h6-8,11-12H,4-5,9-10,13-14H2,1-3H3,(H2,21,22,25). The maximum Gasteiger partial charge on any atom is 0.319 e. The van der Waals surface area contributed by atoms with Gasteiger partial charge < -0.3 is 10.6 Å². The summed E-state index contributed by atoms with van der Waals surface area (Å²) in [7, 11) is 0. The Kier molecular flexibility index (Phi) is 5.11. The molecule has 1 aromatic heterocycles. The van der Waals surface area contributed by atoms with Crippen molar-refractivity contribution in [2.45, 2.75) is 53.0 Å². The molecule has 0 spiro atoms. The van der Waals surface area contributed by atoms with Crippen molar-refractivity contribution < 1.29 is 4.79 Å². The van der Waals surface area contributed by atoms with Crippen LogP contribution in [-0.4, -0.2) is 22.4 Å². The molecular weight excluding hydrogens is 312 g/mol. The molecule has 5 heteroatoms. The van der Waals surface area contributed by atoms with Gasteiger partial charge in [0.05, 0.1) is 12.2 Å². The zero-order valence-electron chi connectivity index (χ0n) is 15.4. The SMILES string of the molecule is Cc1cc(C)n(Cc2cccc(NC(=O)NCC3(C)CCCC3)c2)n1. The van der Waals surface area contributed by atoms with Gasteiger partial charge in [-0.3, -0.25) is 4.68 Å². The summed E-state index contributed by atoms with van der Waals surface area (Å²) in [6, 6.07) is 9.89. The van der Waals surface area contributed by atoms with Crippen molar-refractivity contribution >= 4 is 11.7 Å². The number of hydrogen-bond donors (Lipinski definition) is 2. The first-order valence-electron chi connectivity index (χ1n) is 9.08. The third-order valence-corrected chi connectivity index (χ3v) is 5.11. The fourth-order valence-corrected chi connectivity index (χ4v) is 3.63. The predicted octanol–water partition coefficient (Wildman–Crippen LogP) is 4.25. The van der Waals surface area contributed by atoms with E-state index in [9.17, 15) is 4.79 Å². The Morgan fingerprint density at radius 1 is 1.24 bits per heavy atom. The first kappa shape index (κ1) is 17.5. The first-order valence-corrected chi connectivity index (χ1v) is 9.08. The minimum atomic E-state index is -0.128. The summed E-state index contributed by atoms with van der Waals surface area (Å²) >= 11 is 0. The van der Waals surface area contributed by atoms with Crippen LogP contribution < -0.4 is 10.6 Å². The van der Waals surface area contributed by atoms with E-state index in [1.54, 1.807) is 0 Å². The zero-order valence-corrected chi connectivity index (χ0v) is 15.4. The van der Waals surface area contributed by atoms with Crippen LogP contribution in [0.1, 0.15) is 49.6 Å². The van der Waals surface area contributed by atoms with E-state index >= 15 is 0 Å². The lowest BCUT2D eigenvalue weighted by molar-refractivity contribution is 0.242. The smallest absolute Gasteiger partial charge is 0.319 e. The summed E-state index contributed by atoms with van der Waals surface area (Å²) < 4.78 is 1.98. The van der Waals surface area contributed by atoms with Crippen LogP contribution in [0.2, 0.25) is 0 Å². The van der Waals surface area contributed by atoms with Gasteiger partial charge in [-0.05, 0) is 55.9 Å². The second-order valence-corrected chi connectivity index (χ2v) is 7.61. The number of urea groups is 1. The van der Waals surface area contributed by atoms with Crippen molar-refractivity contribution in [2.75, 3.05) is 11.9 Å². The molecule has 1 saturated carbocycles. The van der Waals surface area contributed by atoms with Crippen LogP contribution in [-0.2, 0) is 6.54 Å². The van der Waals surface area contributed by atoms with Gasteiger partial charge in [-0.25, -0.2) is 4.79 Å². The Morgan fingerprint density at radius 2 is 2.00 bits per heavy atom. The highest BCUT2D eigenvalue weighted by Crippen LogP contribution is 2.36. The van der Waals surface area contributed by atoms with E-state index in [2.05, 4.69) is 41.7 Å². The number of nitrogens with zero attached hydrogens (tertiary/aromatic N) is 2. The molecule has 1 fully saturated rings. The van der Waals surface area contributed by atoms with E-state index < -0.39 is 0 Å². The topological polar surface area (TPSA) is 59.0 Å². The van der Waals surface area contributed by atoms with Gasteiger partial charge in [0.15, 0.2) is 0 Å². The maximum atomic E-state index is 12.2. The average molecular weight is 340 g/mol. The van der Waals surface area contributed by atoms with Crippen LogP contribution in [0.3, 0.4) is 0 Å². The average Bonchev–Trinajstić information content (AvgIpc) is 3.12. The number of aryl methyl sites for hydroxylation is 2. The predicted molar refractivity (Wildman–Crippen MR) is 101 cm³/mol. The Hall–Kier alpha value is -2.30. The number of carbonyl (C=O) groups is 1. The molecule has 1 aromatic carbocycles. The van der Waals surface area contributed by atoms with Crippen molar-refractivity contribution in [1.82, 2.24) is 15.1 Å². The number of amides is 2. The van der Waals surface area contributed by atoms with Gasteiger partial charge in [-0.2, -0.15) is 5.10 Å². The van der Waals surface area contributed by atoms with Gasteiger partial charge >= 0.3 is 6.03 Å². The van der Waals surface area contributed by atoms with E-state index in [4.69, 9.17) is 0 Å². The Labute approximate surface area is 149 Å². The minimum absolute atomic E-state index is 0.128. The quantitative estimate of drug-likeness (QED) is 0.855. The molecule has 0 aliphatic heterocycles. The molecule has 25 heavy (non-hydrogen) atoms. The summed E-state index contributed by atoms with van der Waals surface area (Å²) in [5, 5.41) is 10.5. The molecule has 0 atom stereocenters. The first-order chi connectivity index (χ1) is 11.9. The third-order valence-electron chi connectivity index (χ3n) is 5.11. The van der Waals surface area contributed by atoms with Crippen molar-refractivity contribution in [2.24, 2.45) is 5.41 Å². The van der Waals surface area contributed by atoms with Gasteiger partial charge in [0, 0.05) is 17.9 Å². The lowest BCUT2D eigenvalue weighted by Crippen LogP contribution is -2.36. The molecule has 3 rings (SSSR count). The fraction of sp³-hybridized carbons (Fsp3) is 0.500. The summed E-state index contributed by atoms with van der Waals surface area (Å²) in [6.07, 6.45) is 4.94. The van der Waals surface area contributed by atoms with Crippen molar-refractivity contribution in [3.63, 3.8) is 0 Å². The molecule has 2 aromatic rings. The van der Waals surface area contributed by atoms with Crippen molar-refractivity contribution in [1.29, 1.82) is 0 Å². The molecule has 0 bridgehead atoms. The molecule has 134 valence electrons. The number of aromatic nitrogens is 2. The summed E-state index contributed by atoms with van der Waals surface area (Å²) in [4.78, 5) is 12.2. The van der Waals surface area contributed by atoms with E-state index in [0.29, 0.717) is 6.54 Å². The van der Waals surface area contributed by atoms with E-state index in [1.165, 1.54) is 25.7 Å². The van der Waals surface area contributed by atoms with Crippen molar-refractivity contribution in [3.05, 3.63) is 47.3 Å². The van der Waals surface area contributed by atoms with Crippen molar-refractivity contribution in [3.8, 4) is 0 Å². The third kappa shape index (κ3) is 4.62. The second kappa shape index (κ2) is 7.30. The molecule has 2 amide bonds. The largest absolute Gasteiger partial charge is 0.337 e. The molecule has 1 aliphatic carbocycles. The van der Waals surface area contributed by atoms with E-state index in [1.807, 2.05) is 29.8 Å². The molecule has 0 unspecified atom stereocenters. The summed E-state index contributed by atoms with van der Waals surface area (Å²) in [6.45, 7) is 7.75. The lowest BCUT2D eigenvalue weighted by Gasteiger charge is -2.23. The van der Waals surface area contributed by atoms with Crippen LogP contribution in [0.25, 0.3) is 0 Å². The summed E-state index contributed by atoms with van der Waals surface area (Å²) in [5.41, 5.74) is 4.35. The molecule has 2 N–H and O–H groups in total. The van der Waals surface area contributed by atoms with Crippen LogP contribution in [0.4, 0.5) is 10.5 Å². The highest BCUT2D eigenvalue weighted by Gasteiger charge is 2.28. The van der Waals surface area contributed by atoms with Crippen LogP contribution in [0.5, 0.6) is 0 Å². The Balaban J connectivity index is 1.57. The number of hydrogen-bond acceptors (Lipinski definition) is 2. The zero-order chi connectivity index (χ0) is 17.9. The summed E-state index contributed by atoms with van der Waals surface area (Å²) in [5.74, 6) is 0. The van der Waals surface area contributed by atoms with Crippen LogP contribution in [0, 0.1) is 19.3 Å². The minimum Gasteiger partial charge on any atom is -0.337 e. The van der Waals surface area contributed by atoms with E-state index in [-0.39, 0.29) is 11.4 Å². The highest BCUT2D eigenvalue weighted by molar-refractivity contribution is 5.89. The number of rotatable bonds is 5. The van der Waals surface area contributed by atoms with Gasteiger partial charge in [0.2, 0.25) is 0 Å². The Bertz CT molecular complexity index is 744. The molecule has 1 aliphatic rings. The Morgan fingerprint density at radius 3 is 2.68 bits per heavy atom. The van der Waals surface area contributed by atoms with Gasteiger partial charge in [-0.15, -0.1) is 0 Å². The molecular formula is C20H28N4O. The van der Waals surface area contributed by atoms with Gasteiger partial charge in [0.1, 0.15) is 0 Å². The lowest BCUT2D eigenvalue weighted by atomic mass is 9.89. The van der Waals surface area contributed by atoms with Gasteiger partial charge in [0.25, 0.3) is 0 Å². The number of benzene rings is 1. The van der Waals surface area contributed by atoms with Crippen LogP contribution >= 0.6 is 0 Å². The molecule has 0 radical (unpaired) electrons. The fourth-order valence-electron chi connectivity index (χ4n) is 3.63. The molecule has 5 nitrogen and oxygen atoms in total. The number of anilines is 1. The highest BCUT2D eigenvalue weighted by atomic mass is 16.2. The van der Waals surface area contributed by atoms with Crippen LogP contribution in [0.15, 0.2) is 30.3 Å². The normalized spacial score (nSPS) is 16.0. The maximum absolute atomic E-state index is 12.2. The van der Waals surface area contributed by atoms with E-state index in [0.717, 1.165) is 29.2 Å². The molecule has 1 heterocycles. The molecule has 0 saturated heterocycles. The van der Waals surface area contributed by atoms with Gasteiger partial charge in [-0.1, -0.05) is 31.9 Å².